The number of amides is 1. The molecule has 0 saturated carbocycles. The van der Waals surface area contributed by atoms with E-state index in [0.29, 0.717) is 37.6 Å². The summed E-state index contributed by atoms with van der Waals surface area (Å²) in [4.78, 5) is 26.7. The predicted molar refractivity (Wildman–Crippen MR) is 133 cm³/mol. The second-order valence-electron chi connectivity index (χ2n) is 8.08. The van der Waals surface area contributed by atoms with Crippen LogP contribution in [-0.4, -0.2) is 56.8 Å². The molecule has 8 nitrogen and oxygen atoms in total. The first-order valence-corrected chi connectivity index (χ1v) is 11.9. The second kappa shape index (κ2) is 12.4. The van der Waals surface area contributed by atoms with E-state index < -0.39 is 5.97 Å². The number of esters is 1. The van der Waals surface area contributed by atoms with Gasteiger partial charge in [-0.2, -0.15) is 5.26 Å². The van der Waals surface area contributed by atoms with Crippen LogP contribution >= 0.6 is 15.9 Å². The van der Waals surface area contributed by atoms with E-state index in [1.54, 1.807) is 29.2 Å². The zero-order valence-corrected chi connectivity index (χ0v) is 21.5. The predicted octanol–water partition coefficient (Wildman–Crippen LogP) is 4.33. The zero-order valence-electron chi connectivity index (χ0n) is 19.9. The van der Waals surface area contributed by atoms with Gasteiger partial charge >= 0.3 is 5.97 Å². The molecule has 2 aromatic carbocycles. The van der Waals surface area contributed by atoms with Crippen molar-refractivity contribution in [1.29, 1.82) is 5.26 Å². The van der Waals surface area contributed by atoms with Gasteiger partial charge in [-0.25, -0.2) is 4.79 Å². The Morgan fingerprint density at radius 3 is 2.51 bits per heavy atom. The Bertz CT molecular complexity index is 1150. The summed E-state index contributed by atoms with van der Waals surface area (Å²) in [5.74, 6) is 0.376. The van der Waals surface area contributed by atoms with Gasteiger partial charge in [-0.05, 0) is 53.5 Å². The standard InChI is InChI=1S/C26H27BrN2O6/c1-17(2)21-14-20(27)5-7-22(21)34-16-25(30)35-23-6-4-18(13-24(23)32-3)12-19(15-28)26(31)29-8-10-33-11-9-29/h4-7,12-14,17H,8-11,16H2,1-3H3/b19-12+. The number of rotatable bonds is 8. The van der Waals surface area contributed by atoms with Crippen LogP contribution in [0.5, 0.6) is 17.2 Å². The Hall–Kier alpha value is -3.35. The number of benzene rings is 2. The lowest BCUT2D eigenvalue weighted by atomic mass is 10.0. The lowest BCUT2D eigenvalue weighted by Crippen LogP contribution is -2.41. The van der Waals surface area contributed by atoms with Crippen LogP contribution in [0.4, 0.5) is 0 Å². The van der Waals surface area contributed by atoms with E-state index in [1.165, 1.54) is 13.2 Å². The number of halogens is 1. The molecule has 1 fully saturated rings. The molecule has 1 heterocycles. The van der Waals surface area contributed by atoms with E-state index in [2.05, 4.69) is 15.9 Å². The molecule has 184 valence electrons. The van der Waals surface area contributed by atoms with E-state index in [0.717, 1.165) is 10.0 Å². The van der Waals surface area contributed by atoms with Crippen molar-refractivity contribution in [2.24, 2.45) is 0 Å². The molecule has 0 aliphatic carbocycles. The fourth-order valence-electron chi connectivity index (χ4n) is 3.49. The Labute approximate surface area is 213 Å². The number of morpholine rings is 1. The quantitative estimate of drug-likeness (QED) is 0.212. The third kappa shape index (κ3) is 7.07. The summed E-state index contributed by atoms with van der Waals surface area (Å²) in [6, 6.07) is 12.4. The van der Waals surface area contributed by atoms with Crippen molar-refractivity contribution in [3.63, 3.8) is 0 Å². The molecule has 35 heavy (non-hydrogen) atoms. The minimum Gasteiger partial charge on any atom is -0.493 e. The van der Waals surface area contributed by atoms with Crippen molar-refractivity contribution in [2.75, 3.05) is 40.0 Å². The number of carbonyl (C=O) groups excluding carboxylic acids is 2. The van der Waals surface area contributed by atoms with Gasteiger partial charge in [-0.3, -0.25) is 4.79 Å². The second-order valence-corrected chi connectivity index (χ2v) is 9.00. The summed E-state index contributed by atoms with van der Waals surface area (Å²) < 4.78 is 22.7. The fraction of sp³-hybridized carbons (Fsp3) is 0.346. The summed E-state index contributed by atoms with van der Waals surface area (Å²) in [5, 5.41) is 9.50. The monoisotopic (exact) mass is 542 g/mol. The van der Waals surface area contributed by atoms with Crippen molar-refractivity contribution < 1.29 is 28.5 Å². The highest BCUT2D eigenvalue weighted by molar-refractivity contribution is 9.10. The largest absolute Gasteiger partial charge is 0.493 e. The highest BCUT2D eigenvalue weighted by Crippen LogP contribution is 2.31. The van der Waals surface area contributed by atoms with Crippen molar-refractivity contribution in [2.45, 2.75) is 19.8 Å². The van der Waals surface area contributed by atoms with E-state index in [9.17, 15) is 14.9 Å². The minimum atomic E-state index is -0.593. The molecule has 0 radical (unpaired) electrons. The Balaban J connectivity index is 1.69. The van der Waals surface area contributed by atoms with Gasteiger partial charge in [-0.1, -0.05) is 35.8 Å². The van der Waals surface area contributed by atoms with Crippen LogP contribution in [0, 0.1) is 11.3 Å². The van der Waals surface area contributed by atoms with Crippen LogP contribution in [0.25, 0.3) is 6.08 Å². The smallest absolute Gasteiger partial charge is 0.349 e. The van der Waals surface area contributed by atoms with E-state index in [4.69, 9.17) is 18.9 Å². The molecule has 1 aliphatic rings. The van der Waals surface area contributed by atoms with E-state index >= 15 is 0 Å². The van der Waals surface area contributed by atoms with Gasteiger partial charge in [0.05, 0.1) is 20.3 Å². The highest BCUT2D eigenvalue weighted by atomic mass is 79.9. The van der Waals surface area contributed by atoms with Gasteiger partial charge < -0.3 is 23.8 Å². The summed E-state index contributed by atoms with van der Waals surface area (Å²) in [7, 11) is 1.44. The number of carbonyl (C=O) groups is 2. The van der Waals surface area contributed by atoms with Crippen LogP contribution in [0.1, 0.15) is 30.9 Å². The molecule has 0 unspecified atom stereocenters. The summed E-state index contributed by atoms with van der Waals surface area (Å²) in [6.45, 7) is 5.58. The molecule has 0 bridgehead atoms. The van der Waals surface area contributed by atoms with Crippen molar-refractivity contribution in [3.8, 4) is 23.3 Å². The molecule has 0 spiro atoms. The molecule has 9 heteroatoms. The highest BCUT2D eigenvalue weighted by Gasteiger charge is 2.21. The van der Waals surface area contributed by atoms with Crippen molar-refractivity contribution in [1.82, 2.24) is 4.90 Å². The Morgan fingerprint density at radius 1 is 1.14 bits per heavy atom. The van der Waals surface area contributed by atoms with E-state index in [-0.39, 0.29) is 35.5 Å². The summed E-state index contributed by atoms with van der Waals surface area (Å²) in [6.07, 6.45) is 1.48. The number of nitrogens with zero attached hydrogens (tertiary/aromatic N) is 2. The van der Waals surface area contributed by atoms with Crippen LogP contribution in [0.2, 0.25) is 0 Å². The molecular weight excluding hydrogens is 516 g/mol. The lowest BCUT2D eigenvalue weighted by molar-refractivity contribution is -0.136. The molecular formula is C26H27BrN2O6. The Morgan fingerprint density at radius 2 is 1.86 bits per heavy atom. The maximum atomic E-state index is 12.6. The van der Waals surface area contributed by atoms with Gasteiger partial charge in [0.2, 0.25) is 0 Å². The maximum Gasteiger partial charge on any atom is 0.349 e. The first kappa shape index (κ1) is 26.3. The molecule has 1 amide bonds. The molecule has 1 aliphatic heterocycles. The van der Waals surface area contributed by atoms with Gasteiger partial charge in [0, 0.05) is 17.6 Å². The number of ether oxygens (including phenoxy) is 4. The van der Waals surface area contributed by atoms with Gasteiger partial charge in [0.1, 0.15) is 17.4 Å². The average molecular weight is 543 g/mol. The third-order valence-electron chi connectivity index (χ3n) is 5.31. The van der Waals surface area contributed by atoms with Crippen LogP contribution < -0.4 is 14.2 Å². The number of hydrogen-bond acceptors (Lipinski definition) is 7. The first-order chi connectivity index (χ1) is 16.8. The fourth-order valence-corrected chi connectivity index (χ4v) is 3.87. The lowest BCUT2D eigenvalue weighted by Gasteiger charge is -2.26. The normalized spacial score (nSPS) is 13.8. The number of hydrogen-bond donors (Lipinski definition) is 0. The number of nitriles is 1. The maximum absolute atomic E-state index is 12.6. The molecule has 2 aromatic rings. The van der Waals surface area contributed by atoms with Crippen LogP contribution in [0.15, 0.2) is 46.4 Å². The van der Waals surface area contributed by atoms with Crippen LogP contribution in [0.3, 0.4) is 0 Å². The molecule has 0 N–H and O–H groups in total. The van der Waals surface area contributed by atoms with Gasteiger partial charge in [-0.15, -0.1) is 0 Å². The van der Waals surface area contributed by atoms with Crippen LogP contribution in [-0.2, 0) is 14.3 Å². The molecule has 0 atom stereocenters. The first-order valence-electron chi connectivity index (χ1n) is 11.1. The van der Waals surface area contributed by atoms with Gasteiger partial charge in [0.25, 0.3) is 5.91 Å². The third-order valence-corrected chi connectivity index (χ3v) is 5.80. The van der Waals surface area contributed by atoms with Crippen molar-refractivity contribution >= 4 is 33.9 Å². The summed E-state index contributed by atoms with van der Waals surface area (Å²) in [5.41, 5.74) is 1.54. The SMILES string of the molecule is COc1cc(/C=C(\C#N)C(=O)N2CCOCC2)ccc1OC(=O)COc1ccc(Br)cc1C(C)C. The molecule has 3 rings (SSSR count). The van der Waals surface area contributed by atoms with Crippen molar-refractivity contribution in [3.05, 3.63) is 57.6 Å². The Kier molecular flexibility index (Phi) is 9.29. The average Bonchev–Trinajstić information content (AvgIpc) is 2.87. The van der Waals surface area contributed by atoms with Gasteiger partial charge in [0.15, 0.2) is 18.1 Å². The number of methoxy groups -OCH3 is 1. The summed E-state index contributed by atoms with van der Waals surface area (Å²) >= 11 is 3.45. The molecule has 1 saturated heterocycles. The minimum absolute atomic E-state index is 0.00236. The zero-order chi connectivity index (χ0) is 25.4. The van der Waals surface area contributed by atoms with E-state index in [1.807, 2.05) is 32.0 Å². The molecule has 0 aromatic heterocycles. The topological polar surface area (TPSA) is 98.1 Å².